The number of carbonyl (C=O) groups is 2. The highest BCUT2D eigenvalue weighted by Crippen LogP contribution is 2.32. The van der Waals surface area contributed by atoms with Crippen LogP contribution in [0.4, 0.5) is 5.82 Å². The van der Waals surface area contributed by atoms with Crippen LogP contribution in [0.15, 0.2) is 35.5 Å². The number of thiazole rings is 1. The summed E-state index contributed by atoms with van der Waals surface area (Å²) in [5.41, 5.74) is 2.76. The molecule has 1 N–H and O–H groups in total. The van der Waals surface area contributed by atoms with E-state index < -0.39 is 5.41 Å². The van der Waals surface area contributed by atoms with Crippen molar-refractivity contribution in [3.63, 3.8) is 0 Å². The molecule has 2 amide bonds. The van der Waals surface area contributed by atoms with Crippen molar-refractivity contribution in [2.45, 2.75) is 33.1 Å². The molecule has 0 unspecified atom stereocenters. The number of carbonyl (C=O) groups excluding carboxylic acids is 2. The number of nitrogens with zero attached hydrogens (tertiary/aromatic N) is 3. The number of piperidine rings is 1. The Bertz CT molecular complexity index is 982. The molecule has 4 heterocycles. The minimum absolute atomic E-state index is 0.00986. The Labute approximate surface area is 174 Å². The second kappa shape index (κ2) is 7.91. The number of pyridine rings is 1. The van der Waals surface area contributed by atoms with Crippen LogP contribution < -0.4 is 5.32 Å². The van der Waals surface area contributed by atoms with Gasteiger partial charge in [-0.15, -0.1) is 11.3 Å². The first-order chi connectivity index (χ1) is 13.9. The van der Waals surface area contributed by atoms with Gasteiger partial charge in [-0.05, 0) is 48.6 Å². The van der Waals surface area contributed by atoms with E-state index in [1.807, 2.05) is 36.4 Å². The SMILES string of the molecule is CC1(C)Cc2cc(C=CC(=O)N3CCC(=Cc4nccs4)CC3)cnc2NC1=O. The van der Waals surface area contributed by atoms with Crippen molar-refractivity contribution in [3.05, 3.63) is 51.6 Å². The lowest BCUT2D eigenvalue weighted by molar-refractivity contribution is -0.126. The van der Waals surface area contributed by atoms with E-state index in [9.17, 15) is 9.59 Å². The highest BCUT2D eigenvalue weighted by atomic mass is 32.1. The zero-order valence-electron chi connectivity index (χ0n) is 16.6. The molecule has 0 atom stereocenters. The summed E-state index contributed by atoms with van der Waals surface area (Å²) >= 11 is 1.63. The third-order valence-corrected chi connectivity index (χ3v) is 6.10. The van der Waals surface area contributed by atoms with Gasteiger partial charge in [-0.2, -0.15) is 0 Å². The molecule has 0 radical (unpaired) electrons. The van der Waals surface area contributed by atoms with Gasteiger partial charge in [0.1, 0.15) is 10.8 Å². The second-order valence-corrected chi connectivity index (χ2v) is 9.05. The van der Waals surface area contributed by atoms with Crippen LogP contribution in [0.25, 0.3) is 12.2 Å². The van der Waals surface area contributed by atoms with Gasteiger partial charge < -0.3 is 10.2 Å². The number of hydrogen-bond acceptors (Lipinski definition) is 5. The van der Waals surface area contributed by atoms with E-state index in [4.69, 9.17) is 0 Å². The quantitative estimate of drug-likeness (QED) is 0.785. The van der Waals surface area contributed by atoms with Crippen molar-refractivity contribution in [2.75, 3.05) is 18.4 Å². The van der Waals surface area contributed by atoms with Crippen LogP contribution >= 0.6 is 11.3 Å². The molecule has 2 aliphatic heterocycles. The first-order valence-corrected chi connectivity index (χ1v) is 10.6. The molecule has 1 saturated heterocycles. The number of hydrogen-bond donors (Lipinski definition) is 1. The average molecular weight is 409 g/mol. The maximum atomic E-state index is 12.6. The third kappa shape index (κ3) is 4.45. The Morgan fingerprint density at radius 1 is 1.28 bits per heavy atom. The first kappa shape index (κ1) is 19.5. The van der Waals surface area contributed by atoms with Crippen molar-refractivity contribution in [2.24, 2.45) is 5.41 Å². The third-order valence-electron chi connectivity index (χ3n) is 5.38. The lowest BCUT2D eigenvalue weighted by Crippen LogP contribution is -2.37. The number of nitrogens with one attached hydrogen (secondary N) is 1. The van der Waals surface area contributed by atoms with Gasteiger partial charge in [0.25, 0.3) is 0 Å². The fraction of sp³-hybridized carbons (Fsp3) is 0.364. The van der Waals surface area contributed by atoms with Crippen LogP contribution in [0.1, 0.15) is 42.8 Å². The number of amides is 2. The first-order valence-electron chi connectivity index (χ1n) is 9.77. The molecular formula is C22H24N4O2S. The van der Waals surface area contributed by atoms with E-state index in [0.29, 0.717) is 12.2 Å². The van der Waals surface area contributed by atoms with Gasteiger partial charge >= 0.3 is 0 Å². The Balaban J connectivity index is 1.37. The standard InChI is InChI=1S/C22H24N4O2S/c1-22(2)13-17-11-16(14-24-20(17)25-21(22)28)3-4-19(27)26-8-5-15(6-9-26)12-18-23-7-10-29-18/h3-4,7,10-12,14H,5-6,8-9,13H2,1-2H3,(H,24,25,28). The average Bonchev–Trinajstić information content (AvgIpc) is 3.20. The molecular weight excluding hydrogens is 384 g/mol. The van der Waals surface area contributed by atoms with Gasteiger partial charge in [0, 0.05) is 42.4 Å². The van der Waals surface area contributed by atoms with Gasteiger partial charge in [0.2, 0.25) is 11.8 Å². The number of anilines is 1. The lowest BCUT2D eigenvalue weighted by Gasteiger charge is -2.29. The molecule has 6 nitrogen and oxygen atoms in total. The largest absolute Gasteiger partial charge is 0.339 e. The molecule has 2 aromatic heterocycles. The van der Waals surface area contributed by atoms with Gasteiger partial charge in [-0.25, -0.2) is 9.97 Å². The summed E-state index contributed by atoms with van der Waals surface area (Å²) in [6.45, 7) is 5.29. The Morgan fingerprint density at radius 3 is 2.79 bits per heavy atom. The molecule has 0 bridgehead atoms. The molecule has 4 rings (SSSR count). The molecule has 0 spiro atoms. The summed E-state index contributed by atoms with van der Waals surface area (Å²) in [4.78, 5) is 35.1. The molecule has 150 valence electrons. The zero-order valence-corrected chi connectivity index (χ0v) is 17.5. The van der Waals surface area contributed by atoms with Crippen LogP contribution in [0.2, 0.25) is 0 Å². The fourth-order valence-corrected chi connectivity index (χ4v) is 4.23. The lowest BCUT2D eigenvalue weighted by atomic mass is 9.82. The van der Waals surface area contributed by atoms with Crippen LogP contribution in [-0.4, -0.2) is 39.8 Å². The number of fused-ring (bicyclic) bond motifs is 1. The predicted molar refractivity (Wildman–Crippen MR) is 115 cm³/mol. The van der Waals surface area contributed by atoms with Crippen LogP contribution in [0.3, 0.4) is 0 Å². The van der Waals surface area contributed by atoms with Gasteiger partial charge in [-0.1, -0.05) is 19.4 Å². The van der Waals surface area contributed by atoms with E-state index in [0.717, 1.165) is 42.1 Å². The maximum Gasteiger partial charge on any atom is 0.246 e. The van der Waals surface area contributed by atoms with E-state index in [-0.39, 0.29) is 11.8 Å². The molecule has 1 fully saturated rings. The summed E-state index contributed by atoms with van der Waals surface area (Å²) in [5.74, 6) is 0.627. The summed E-state index contributed by atoms with van der Waals surface area (Å²) in [7, 11) is 0. The number of rotatable bonds is 3. The molecule has 7 heteroatoms. The number of aromatic nitrogens is 2. The van der Waals surface area contributed by atoms with Crippen molar-refractivity contribution >= 4 is 41.1 Å². The summed E-state index contributed by atoms with van der Waals surface area (Å²) in [6, 6.07) is 2.00. The van der Waals surface area contributed by atoms with Crippen LogP contribution in [-0.2, 0) is 16.0 Å². The van der Waals surface area contributed by atoms with Crippen molar-refractivity contribution in [1.82, 2.24) is 14.9 Å². The normalized spacial score (nSPS) is 18.5. The summed E-state index contributed by atoms with van der Waals surface area (Å²) in [5, 5.41) is 5.85. The fourth-order valence-electron chi connectivity index (χ4n) is 3.61. The minimum atomic E-state index is -0.454. The monoisotopic (exact) mass is 408 g/mol. The van der Waals surface area contributed by atoms with E-state index in [1.54, 1.807) is 29.7 Å². The van der Waals surface area contributed by atoms with Crippen LogP contribution in [0.5, 0.6) is 0 Å². The molecule has 0 saturated carbocycles. The van der Waals surface area contributed by atoms with Crippen molar-refractivity contribution in [1.29, 1.82) is 0 Å². The highest BCUT2D eigenvalue weighted by Gasteiger charge is 2.34. The van der Waals surface area contributed by atoms with Crippen molar-refractivity contribution < 1.29 is 9.59 Å². The smallest absolute Gasteiger partial charge is 0.246 e. The Hall–Kier alpha value is -2.80. The molecule has 29 heavy (non-hydrogen) atoms. The Kier molecular flexibility index (Phi) is 5.32. The maximum absolute atomic E-state index is 12.6. The number of likely N-dealkylation sites (tertiary alicyclic amines) is 1. The molecule has 2 aliphatic rings. The van der Waals surface area contributed by atoms with Gasteiger partial charge in [0.05, 0.1) is 0 Å². The second-order valence-electron chi connectivity index (χ2n) is 8.12. The minimum Gasteiger partial charge on any atom is -0.339 e. The van der Waals surface area contributed by atoms with Crippen LogP contribution in [0, 0.1) is 5.41 Å². The summed E-state index contributed by atoms with van der Waals surface area (Å²) in [6.07, 6.45) is 11.5. The van der Waals surface area contributed by atoms with E-state index in [2.05, 4.69) is 21.4 Å². The summed E-state index contributed by atoms with van der Waals surface area (Å²) < 4.78 is 0. The highest BCUT2D eigenvalue weighted by molar-refractivity contribution is 7.10. The molecule has 0 aromatic carbocycles. The van der Waals surface area contributed by atoms with E-state index in [1.165, 1.54) is 5.57 Å². The van der Waals surface area contributed by atoms with Crippen molar-refractivity contribution in [3.8, 4) is 0 Å². The van der Waals surface area contributed by atoms with Gasteiger partial charge in [0.15, 0.2) is 0 Å². The molecule has 0 aliphatic carbocycles. The topological polar surface area (TPSA) is 75.2 Å². The molecule has 2 aromatic rings. The van der Waals surface area contributed by atoms with E-state index >= 15 is 0 Å². The predicted octanol–water partition coefficient (Wildman–Crippen LogP) is 3.78. The van der Waals surface area contributed by atoms with Gasteiger partial charge in [-0.3, -0.25) is 9.59 Å². The Morgan fingerprint density at radius 2 is 2.07 bits per heavy atom. The zero-order chi connectivity index (χ0) is 20.4.